The molecule has 3 aromatic rings. The molecule has 3 rings (SSSR count). The Morgan fingerprint density at radius 2 is 2.17 bits per heavy atom. The van der Waals surface area contributed by atoms with Gasteiger partial charge < -0.3 is 0 Å². The number of rotatable bonds is 5. The molecular weight excluding hydrogens is 360 g/mol. The molecule has 3 nitrogen and oxygen atoms in total. The van der Waals surface area contributed by atoms with Crippen LogP contribution < -0.4 is 5.43 Å². The van der Waals surface area contributed by atoms with E-state index in [1.54, 1.807) is 11.3 Å². The molecule has 1 amide bonds. The molecule has 2 aromatic heterocycles. The fourth-order valence-corrected chi connectivity index (χ4v) is 4.65. The summed E-state index contributed by atoms with van der Waals surface area (Å²) in [5, 5.41) is 7.75. The van der Waals surface area contributed by atoms with Gasteiger partial charge in [0.05, 0.1) is 15.6 Å². The zero-order valence-electron chi connectivity index (χ0n) is 13.4. The maximum absolute atomic E-state index is 12.5. The summed E-state index contributed by atoms with van der Waals surface area (Å²) in [5.74, 6) is -0.260. The smallest absolute Gasteiger partial charge is 0.266 e. The van der Waals surface area contributed by atoms with Gasteiger partial charge in [0.15, 0.2) is 0 Å². The summed E-state index contributed by atoms with van der Waals surface area (Å²) in [6, 6.07) is 9.99. The predicted octanol–water partition coefficient (Wildman–Crippen LogP) is 5.86. The van der Waals surface area contributed by atoms with Crippen molar-refractivity contribution in [3.05, 3.63) is 56.1 Å². The summed E-state index contributed by atoms with van der Waals surface area (Å²) in [6.07, 6.45) is 1.79. The van der Waals surface area contributed by atoms with Crippen LogP contribution in [0.3, 0.4) is 0 Å². The SMILES string of the molecule is CCC/C(=N/NC(=O)c1sc2cc(C)ccc2c1Cl)c1cccs1. The Morgan fingerprint density at radius 3 is 2.88 bits per heavy atom. The molecule has 0 aliphatic rings. The first kappa shape index (κ1) is 17.1. The van der Waals surface area contributed by atoms with Crippen LogP contribution in [0.25, 0.3) is 10.1 Å². The fourth-order valence-electron chi connectivity index (χ4n) is 2.40. The van der Waals surface area contributed by atoms with Gasteiger partial charge in [-0.05, 0) is 36.4 Å². The highest BCUT2D eigenvalue weighted by molar-refractivity contribution is 7.21. The molecule has 0 bridgehead atoms. The van der Waals surface area contributed by atoms with Crippen LogP contribution in [0, 0.1) is 6.92 Å². The van der Waals surface area contributed by atoms with Gasteiger partial charge in [0, 0.05) is 10.1 Å². The lowest BCUT2D eigenvalue weighted by Crippen LogP contribution is -2.19. The fraction of sp³-hybridized carbons (Fsp3) is 0.222. The van der Waals surface area contributed by atoms with Crippen LogP contribution in [-0.4, -0.2) is 11.6 Å². The molecule has 0 radical (unpaired) electrons. The highest BCUT2D eigenvalue weighted by Crippen LogP contribution is 2.35. The molecular formula is C18H17ClN2OS2. The molecule has 2 heterocycles. The van der Waals surface area contributed by atoms with Crippen molar-refractivity contribution < 1.29 is 4.79 Å². The van der Waals surface area contributed by atoms with Crippen molar-refractivity contribution in [1.82, 2.24) is 5.43 Å². The molecule has 0 aliphatic carbocycles. The van der Waals surface area contributed by atoms with Gasteiger partial charge in [-0.25, -0.2) is 5.43 Å². The van der Waals surface area contributed by atoms with Gasteiger partial charge >= 0.3 is 0 Å². The molecule has 1 N–H and O–H groups in total. The van der Waals surface area contributed by atoms with Gasteiger partial charge in [-0.15, -0.1) is 22.7 Å². The molecule has 0 spiro atoms. The molecule has 0 saturated carbocycles. The minimum atomic E-state index is -0.260. The van der Waals surface area contributed by atoms with Gasteiger partial charge in [0.2, 0.25) is 0 Å². The standard InChI is InChI=1S/C18H17ClN2OS2/c1-3-5-13(14-6-4-9-23-14)20-21-18(22)17-16(19)12-8-7-11(2)10-15(12)24-17/h4,6-10H,3,5H2,1-2H3,(H,21,22)/b20-13-. The lowest BCUT2D eigenvalue weighted by molar-refractivity contribution is 0.0959. The lowest BCUT2D eigenvalue weighted by atomic mass is 10.2. The molecule has 6 heteroatoms. The van der Waals surface area contributed by atoms with Gasteiger partial charge in [-0.3, -0.25) is 4.79 Å². The molecule has 1 aromatic carbocycles. The Bertz CT molecular complexity index is 897. The van der Waals surface area contributed by atoms with E-state index in [2.05, 4.69) is 17.5 Å². The number of carbonyl (C=O) groups is 1. The summed E-state index contributed by atoms with van der Waals surface area (Å²) in [5.41, 5.74) is 4.71. The number of hydrogen-bond donors (Lipinski definition) is 1. The first-order valence-corrected chi connectivity index (χ1v) is 9.77. The number of thiophene rings is 2. The van der Waals surface area contributed by atoms with E-state index in [4.69, 9.17) is 11.6 Å². The summed E-state index contributed by atoms with van der Waals surface area (Å²) in [4.78, 5) is 14.1. The van der Waals surface area contributed by atoms with Crippen molar-refractivity contribution in [3.63, 3.8) is 0 Å². The van der Waals surface area contributed by atoms with Crippen molar-refractivity contribution in [2.75, 3.05) is 0 Å². The molecule has 124 valence electrons. The monoisotopic (exact) mass is 376 g/mol. The molecule has 0 atom stereocenters. The second-order valence-electron chi connectivity index (χ2n) is 5.47. The maximum atomic E-state index is 12.5. The van der Waals surface area contributed by atoms with Crippen LogP contribution in [0.5, 0.6) is 0 Å². The predicted molar refractivity (Wildman–Crippen MR) is 105 cm³/mol. The maximum Gasteiger partial charge on any atom is 0.283 e. The second kappa shape index (κ2) is 7.47. The molecule has 24 heavy (non-hydrogen) atoms. The van der Waals surface area contributed by atoms with E-state index in [0.717, 1.165) is 39.1 Å². The number of hydrazone groups is 1. The number of halogens is 1. The van der Waals surface area contributed by atoms with Gasteiger partial charge in [0.1, 0.15) is 4.88 Å². The van der Waals surface area contributed by atoms with Crippen LogP contribution in [0.4, 0.5) is 0 Å². The topological polar surface area (TPSA) is 41.5 Å². The Hall–Kier alpha value is -1.69. The summed E-state index contributed by atoms with van der Waals surface area (Å²) in [7, 11) is 0. The number of nitrogens with one attached hydrogen (secondary N) is 1. The van der Waals surface area contributed by atoms with E-state index in [9.17, 15) is 4.79 Å². The van der Waals surface area contributed by atoms with Crippen LogP contribution in [0.1, 0.15) is 39.9 Å². The van der Waals surface area contributed by atoms with Gasteiger partial charge in [-0.2, -0.15) is 5.10 Å². The van der Waals surface area contributed by atoms with Gasteiger partial charge in [0.25, 0.3) is 5.91 Å². The highest BCUT2D eigenvalue weighted by atomic mass is 35.5. The summed E-state index contributed by atoms with van der Waals surface area (Å²) >= 11 is 9.40. The lowest BCUT2D eigenvalue weighted by Gasteiger charge is -2.03. The number of amides is 1. The number of hydrogen-bond acceptors (Lipinski definition) is 4. The average molecular weight is 377 g/mol. The second-order valence-corrected chi connectivity index (χ2v) is 7.85. The van der Waals surface area contributed by atoms with Gasteiger partial charge in [-0.1, -0.05) is 43.1 Å². The third kappa shape index (κ3) is 3.53. The number of aryl methyl sites for hydroxylation is 1. The first-order chi connectivity index (χ1) is 11.6. The van der Waals surface area contributed by atoms with Crippen molar-refractivity contribution in [1.29, 1.82) is 0 Å². The molecule has 0 unspecified atom stereocenters. The minimum absolute atomic E-state index is 0.260. The van der Waals surface area contributed by atoms with E-state index in [1.807, 2.05) is 42.6 Å². The zero-order chi connectivity index (χ0) is 17.1. The van der Waals surface area contributed by atoms with E-state index in [-0.39, 0.29) is 5.91 Å². The molecule has 0 saturated heterocycles. The Labute approximate surface area is 154 Å². The number of benzene rings is 1. The number of nitrogens with zero attached hydrogens (tertiary/aromatic N) is 1. The number of carbonyl (C=O) groups excluding carboxylic acids is 1. The van der Waals surface area contributed by atoms with Crippen LogP contribution in [-0.2, 0) is 0 Å². The van der Waals surface area contributed by atoms with Crippen LogP contribution in [0.2, 0.25) is 5.02 Å². The number of fused-ring (bicyclic) bond motifs is 1. The van der Waals surface area contributed by atoms with Crippen molar-refractivity contribution in [2.24, 2.45) is 5.10 Å². The van der Waals surface area contributed by atoms with E-state index in [0.29, 0.717) is 9.90 Å². The van der Waals surface area contributed by atoms with E-state index in [1.165, 1.54) is 11.3 Å². The zero-order valence-corrected chi connectivity index (χ0v) is 15.8. The Morgan fingerprint density at radius 1 is 1.33 bits per heavy atom. The third-order valence-corrected chi connectivity index (χ3v) is 6.15. The largest absolute Gasteiger partial charge is 0.283 e. The molecule has 0 aliphatic heterocycles. The summed E-state index contributed by atoms with van der Waals surface area (Å²) < 4.78 is 1.01. The normalized spacial score (nSPS) is 11.9. The quantitative estimate of drug-likeness (QED) is 0.439. The first-order valence-electron chi connectivity index (χ1n) is 7.69. The summed E-state index contributed by atoms with van der Waals surface area (Å²) in [6.45, 7) is 4.12. The van der Waals surface area contributed by atoms with E-state index >= 15 is 0 Å². The van der Waals surface area contributed by atoms with E-state index < -0.39 is 0 Å². The average Bonchev–Trinajstić information content (AvgIpc) is 3.19. The van der Waals surface area contributed by atoms with Crippen molar-refractivity contribution in [2.45, 2.75) is 26.7 Å². The Kier molecular flexibility index (Phi) is 5.33. The van der Waals surface area contributed by atoms with Crippen molar-refractivity contribution in [3.8, 4) is 0 Å². The third-order valence-electron chi connectivity index (χ3n) is 3.58. The van der Waals surface area contributed by atoms with Crippen LogP contribution >= 0.6 is 34.3 Å². The minimum Gasteiger partial charge on any atom is -0.266 e. The van der Waals surface area contributed by atoms with Crippen LogP contribution in [0.15, 0.2) is 40.8 Å². The Balaban J connectivity index is 1.86. The van der Waals surface area contributed by atoms with Crippen molar-refractivity contribution >= 4 is 56.0 Å². The highest BCUT2D eigenvalue weighted by Gasteiger charge is 2.17. The molecule has 0 fully saturated rings.